The minimum absolute atomic E-state index is 0.0807. The van der Waals surface area contributed by atoms with Crippen molar-refractivity contribution in [2.45, 2.75) is 37.4 Å². The van der Waals surface area contributed by atoms with Crippen molar-refractivity contribution >= 4 is 45.2 Å². The Balaban J connectivity index is 1.40. The number of alkyl halides is 1. The van der Waals surface area contributed by atoms with Gasteiger partial charge in [0, 0.05) is 54.6 Å². The molecule has 226 valence electrons. The number of aromatic nitrogens is 3. The lowest BCUT2D eigenvalue weighted by Gasteiger charge is -2.31. The Morgan fingerprint density at radius 1 is 1.20 bits per heavy atom. The van der Waals surface area contributed by atoms with Crippen LogP contribution in [0.1, 0.15) is 31.2 Å². The number of aromatic hydroxyl groups is 1. The monoisotopic (exact) mass is 619 g/mol. The minimum atomic E-state index is -0.958. The SMILES string of the molecule is C#Cc1c(F)ccc2cc(O)cc(-c3ncc4c(N5CCSCCC5=O)nc(OCC56CCCN5CC(F)C6)nc4c3F)c12. The number of hydrogen-bond donors (Lipinski definition) is 1. The number of halogens is 3. The van der Waals surface area contributed by atoms with Gasteiger partial charge < -0.3 is 9.84 Å². The molecule has 3 saturated heterocycles. The van der Waals surface area contributed by atoms with Gasteiger partial charge in [0.25, 0.3) is 0 Å². The van der Waals surface area contributed by atoms with Crippen molar-refractivity contribution in [1.82, 2.24) is 19.9 Å². The van der Waals surface area contributed by atoms with E-state index in [-0.39, 0.29) is 69.6 Å². The molecule has 3 aliphatic heterocycles. The fourth-order valence-electron chi connectivity index (χ4n) is 6.78. The summed E-state index contributed by atoms with van der Waals surface area (Å²) in [5.41, 5.74) is -0.888. The molecule has 7 rings (SSSR count). The fourth-order valence-corrected chi connectivity index (χ4v) is 7.62. The van der Waals surface area contributed by atoms with Crippen molar-refractivity contribution in [3.05, 3.63) is 47.7 Å². The summed E-state index contributed by atoms with van der Waals surface area (Å²) in [6, 6.07) is 5.16. The standard InChI is InChI=1S/C32H28F3N5O3S/c1-2-21-24(34)5-4-18-12-20(41)13-22(26(18)21)28-27(35)29-23(15-36-28)30(40-9-11-44-10-6-25(40)42)38-31(37-29)43-17-32-7-3-8-39(32)16-19(33)14-32/h1,4-5,12-13,15,19,41H,3,6-11,14,16-17H2. The van der Waals surface area contributed by atoms with Gasteiger partial charge in [-0.05, 0) is 43.0 Å². The fraction of sp³-hybridized carbons (Fsp3) is 0.375. The number of benzene rings is 2. The van der Waals surface area contributed by atoms with Gasteiger partial charge in [-0.3, -0.25) is 19.6 Å². The van der Waals surface area contributed by atoms with Crippen molar-refractivity contribution in [3.63, 3.8) is 0 Å². The predicted octanol–water partition coefficient (Wildman–Crippen LogP) is 5.24. The Morgan fingerprint density at radius 3 is 2.91 bits per heavy atom. The summed E-state index contributed by atoms with van der Waals surface area (Å²) in [6.07, 6.45) is 8.34. The number of anilines is 1. The van der Waals surface area contributed by atoms with Crippen LogP contribution >= 0.6 is 11.8 Å². The summed E-state index contributed by atoms with van der Waals surface area (Å²) in [5.74, 6) is 1.90. The molecule has 44 heavy (non-hydrogen) atoms. The molecule has 1 N–H and O–H groups in total. The number of terminal acetylenes is 1. The molecular formula is C32H28F3N5O3S. The van der Waals surface area contributed by atoms with E-state index in [0.29, 0.717) is 36.4 Å². The number of phenols is 1. The second-order valence-electron chi connectivity index (χ2n) is 11.4. The Hall–Kier alpha value is -4.08. The molecule has 2 atom stereocenters. The molecule has 2 unspecified atom stereocenters. The minimum Gasteiger partial charge on any atom is -0.508 e. The van der Waals surface area contributed by atoms with Crippen LogP contribution in [0.5, 0.6) is 11.8 Å². The van der Waals surface area contributed by atoms with Gasteiger partial charge in [0.1, 0.15) is 35.6 Å². The van der Waals surface area contributed by atoms with Crippen LogP contribution < -0.4 is 9.64 Å². The van der Waals surface area contributed by atoms with Gasteiger partial charge in [0.15, 0.2) is 11.6 Å². The van der Waals surface area contributed by atoms with E-state index in [1.165, 1.54) is 35.4 Å². The third-order valence-corrected chi connectivity index (χ3v) is 9.77. The maximum atomic E-state index is 16.7. The number of ether oxygens (including phenoxy) is 1. The molecule has 2 aromatic carbocycles. The van der Waals surface area contributed by atoms with E-state index in [0.717, 1.165) is 19.4 Å². The molecule has 8 nitrogen and oxygen atoms in total. The summed E-state index contributed by atoms with van der Waals surface area (Å²) >= 11 is 1.64. The van der Waals surface area contributed by atoms with Crippen molar-refractivity contribution in [3.8, 4) is 35.4 Å². The number of carbonyl (C=O) groups excluding carboxylic acids is 1. The molecule has 1 amide bonds. The molecule has 0 radical (unpaired) electrons. The first-order valence-corrected chi connectivity index (χ1v) is 15.6. The Bertz CT molecular complexity index is 1870. The van der Waals surface area contributed by atoms with Crippen molar-refractivity contribution in [2.75, 3.05) is 42.6 Å². The smallest absolute Gasteiger partial charge is 0.319 e. The quantitative estimate of drug-likeness (QED) is 0.304. The summed E-state index contributed by atoms with van der Waals surface area (Å²) in [7, 11) is 0. The Labute approximate surface area is 255 Å². The molecule has 0 bridgehead atoms. The third-order valence-electron chi connectivity index (χ3n) is 8.80. The third kappa shape index (κ3) is 4.79. The lowest BCUT2D eigenvalue weighted by molar-refractivity contribution is -0.118. The number of phenolic OH excluding ortho intramolecular Hbond substituents is 1. The van der Waals surface area contributed by atoms with E-state index in [1.807, 2.05) is 0 Å². The molecule has 5 heterocycles. The highest BCUT2D eigenvalue weighted by atomic mass is 32.2. The highest BCUT2D eigenvalue weighted by Crippen LogP contribution is 2.42. The lowest BCUT2D eigenvalue weighted by atomic mass is 9.95. The number of hydrogen-bond acceptors (Lipinski definition) is 8. The summed E-state index contributed by atoms with van der Waals surface area (Å²) in [6.45, 7) is 1.58. The number of thioether (sulfide) groups is 1. The highest BCUT2D eigenvalue weighted by Gasteiger charge is 2.49. The first-order valence-electron chi connectivity index (χ1n) is 14.5. The predicted molar refractivity (Wildman–Crippen MR) is 163 cm³/mol. The van der Waals surface area contributed by atoms with Crippen LogP contribution in [-0.2, 0) is 4.79 Å². The summed E-state index contributed by atoms with van der Waals surface area (Å²) < 4.78 is 51.9. The second-order valence-corrected chi connectivity index (χ2v) is 12.7. The lowest BCUT2D eigenvalue weighted by Crippen LogP contribution is -2.43. The van der Waals surface area contributed by atoms with E-state index in [9.17, 15) is 18.7 Å². The molecule has 3 fully saturated rings. The average Bonchev–Trinajstić information content (AvgIpc) is 3.44. The van der Waals surface area contributed by atoms with E-state index < -0.39 is 23.3 Å². The summed E-state index contributed by atoms with van der Waals surface area (Å²) in [4.78, 5) is 30.1. The van der Waals surface area contributed by atoms with Crippen LogP contribution in [0, 0.1) is 24.0 Å². The van der Waals surface area contributed by atoms with Crippen LogP contribution in [0.2, 0.25) is 0 Å². The molecule has 0 spiro atoms. The van der Waals surface area contributed by atoms with Crippen LogP contribution in [0.3, 0.4) is 0 Å². The zero-order valence-electron chi connectivity index (χ0n) is 23.7. The maximum absolute atomic E-state index is 16.7. The highest BCUT2D eigenvalue weighted by molar-refractivity contribution is 7.99. The van der Waals surface area contributed by atoms with Crippen molar-refractivity contribution < 1.29 is 27.8 Å². The van der Waals surface area contributed by atoms with Crippen LogP contribution in [0.15, 0.2) is 30.5 Å². The molecule has 12 heteroatoms. The normalized spacial score (nSPS) is 22.4. The molecule has 3 aliphatic rings. The second kappa shape index (κ2) is 11.1. The van der Waals surface area contributed by atoms with Gasteiger partial charge in [0.2, 0.25) is 5.91 Å². The number of rotatable bonds is 5. The van der Waals surface area contributed by atoms with Crippen molar-refractivity contribution in [1.29, 1.82) is 0 Å². The molecular weight excluding hydrogens is 591 g/mol. The van der Waals surface area contributed by atoms with Gasteiger partial charge >= 0.3 is 6.01 Å². The topological polar surface area (TPSA) is 91.7 Å². The molecule has 2 aromatic heterocycles. The largest absolute Gasteiger partial charge is 0.508 e. The zero-order valence-corrected chi connectivity index (χ0v) is 24.5. The van der Waals surface area contributed by atoms with E-state index >= 15 is 4.39 Å². The number of nitrogens with zero attached hydrogens (tertiary/aromatic N) is 5. The van der Waals surface area contributed by atoms with Gasteiger partial charge in [-0.15, -0.1) is 6.42 Å². The van der Waals surface area contributed by atoms with Crippen LogP contribution in [-0.4, -0.2) is 80.3 Å². The zero-order chi connectivity index (χ0) is 30.6. The first kappa shape index (κ1) is 28.7. The van der Waals surface area contributed by atoms with E-state index in [1.54, 1.807) is 11.8 Å². The van der Waals surface area contributed by atoms with Crippen LogP contribution in [0.4, 0.5) is 19.0 Å². The molecule has 4 aromatic rings. The number of amides is 1. The van der Waals surface area contributed by atoms with Gasteiger partial charge in [-0.25, -0.2) is 13.2 Å². The van der Waals surface area contributed by atoms with E-state index in [2.05, 4.69) is 25.8 Å². The van der Waals surface area contributed by atoms with Gasteiger partial charge in [-0.1, -0.05) is 12.0 Å². The number of pyridine rings is 1. The molecule has 0 saturated carbocycles. The average molecular weight is 620 g/mol. The Kier molecular flexibility index (Phi) is 7.25. The first-order chi connectivity index (χ1) is 21.3. The van der Waals surface area contributed by atoms with Crippen molar-refractivity contribution in [2.24, 2.45) is 0 Å². The number of fused-ring (bicyclic) bond motifs is 3. The van der Waals surface area contributed by atoms with Gasteiger partial charge in [-0.2, -0.15) is 21.7 Å². The summed E-state index contributed by atoms with van der Waals surface area (Å²) in [5, 5.41) is 11.3. The molecule has 0 aliphatic carbocycles. The maximum Gasteiger partial charge on any atom is 0.319 e. The number of carbonyl (C=O) groups is 1. The van der Waals surface area contributed by atoms with Gasteiger partial charge in [0.05, 0.1) is 16.5 Å². The van der Waals surface area contributed by atoms with Crippen LogP contribution in [0.25, 0.3) is 32.9 Å². The van der Waals surface area contributed by atoms with E-state index in [4.69, 9.17) is 11.2 Å². The Morgan fingerprint density at radius 2 is 2.07 bits per heavy atom.